The van der Waals surface area contributed by atoms with Crippen LogP contribution in [-0.2, 0) is 11.0 Å². The molecule has 11 heteroatoms. The number of carbonyl (C=O) groups excluding carboxylic acids is 1. The van der Waals surface area contributed by atoms with E-state index >= 15 is 0 Å². The molecule has 0 spiro atoms. The number of hydrogen-bond acceptors (Lipinski definition) is 7. The van der Waals surface area contributed by atoms with Crippen LogP contribution in [0.1, 0.15) is 25.1 Å². The van der Waals surface area contributed by atoms with Gasteiger partial charge in [0, 0.05) is 10.6 Å². The van der Waals surface area contributed by atoms with E-state index in [4.69, 9.17) is 4.42 Å². The molecule has 166 valence electrons. The smallest absolute Gasteiger partial charge is 0.420 e. The van der Waals surface area contributed by atoms with Gasteiger partial charge in [-0.25, -0.2) is 9.97 Å². The van der Waals surface area contributed by atoms with E-state index in [1.54, 1.807) is 11.8 Å². The van der Waals surface area contributed by atoms with Crippen LogP contribution in [0.4, 0.5) is 18.9 Å². The number of benzene rings is 1. The molecule has 1 aromatic carbocycles. The van der Waals surface area contributed by atoms with Crippen LogP contribution in [-0.4, -0.2) is 33.1 Å². The fourth-order valence-electron chi connectivity index (χ4n) is 2.76. The lowest BCUT2D eigenvalue weighted by Gasteiger charge is -2.15. The minimum Gasteiger partial charge on any atom is -0.431 e. The molecular formula is C20H20F3N3O2S3. The second kappa shape index (κ2) is 10.2. The van der Waals surface area contributed by atoms with Crippen molar-refractivity contribution in [3.05, 3.63) is 35.5 Å². The van der Waals surface area contributed by atoms with Crippen molar-refractivity contribution >= 4 is 58.0 Å². The third-order valence-electron chi connectivity index (χ3n) is 3.95. The van der Waals surface area contributed by atoms with Crippen molar-refractivity contribution < 1.29 is 22.4 Å². The van der Waals surface area contributed by atoms with Gasteiger partial charge in [-0.15, -0.1) is 23.5 Å². The number of nitrogens with one attached hydrogen (secondary N) is 1. The Morgan fingerprint density at radius 3 is 2.55 bits per heavy atom. The summed E-state index contributed by atoms with van der Waals surface area (Å²) < 4.78 is 44.7. The van der Waals surface area contributed by atoms with Crippen LogP contribution >= 0.6 is 35.3 Å². The summed E-state index contributed by atoms with van der Waals surface area (Å²) in [6.45, 7) is 5.94. The van der Waals surface area contributed by atoms with Crippen LogP contribution in [0, 0.1) is 6.92 Å². The van der Waals surface area contributed by atoms with E-state index in [-0.39, 0.29) is 28.0 Å². The molecule has 1 N–H and O–H groups in total. The maximum atomic E-state index is 13.1. The number of nitrogens with zero attached hydrogens (tertiary/aromatic N) is 2. The van der Waals surface area contributed by atoms with Crippen molar-refractivity contribution in [1.82, 2.24) is 9.97 Å². The highest BCUT2D eigenvalue weighted by molar-refractivity contribution is 8.00. The maximum Gasteiger partial charge on any atom is 0.420 e. The molecule has 5 nitrogen and oxygen atoms in total. The molecule has 0 atom stereocenters. The Hall–Kier alpha value is -1.85. The Labute approximate surface area is 190 Å². The Morgan fingerprint density at radius 1 is 1.13 bits per heavy atom. The molecule has 3 aromatic rings. The van der Waals surface area contributed by atoms with Crippen LogP contribution in [0.2, 0.25) is 0 Å². The van der Waals surface area contributed by atoms with E-state index in [0.717, 1.165) is 44.9 Å². The van der Waals surface area contributed by atoms with Gasteiger partial charge < -0.3 is 9.73 Å². The quantitative estimate of drug-likeness (QED) is 0.364. The number of pyridine rings is 1. The molecule has 2 aromatic heterocycles. The van der Waals surface area contributed by atoms with E-state index in [0.29, 0.717) is 5.69 Å². The number of para-hydroxylation sites is 1. The van der Waals surface area contributed by atoms with E-state index in [9.17, 15) is 18.0 Å². The molecule has 0 radical (unpaired) electrons. The maximum absolute atomic E-state index is 13.1. The highest BCUT2D eigenvalue weighted by Gasteiger charge is 2.34. The van der Waals surface area contributed by atoms with Gasteiger partial charge in [0.25, 0.3) is 5.22 Å². The molecule has 3 rings (SSSR count). The largest absolute Gasteiger partial charge is 0.431 e. The second-order valence-electron chi connectivity index (χ2n) is 6.28. The molecule has 31 heavy (non-hydrogen) atoms. The molecule has 0 saturated carbocycles. The topological polar surface area (TPSA) is 68.0 Å². The lowest BCUT2D eigenvalue weighted by Crippen LogP contribution is -2.16. The van der Waals surface area contributed by atoms with Crippen molar-refractivity contribution in [2.75, 3.05) is 22.6 Å². The number of aromatic nitrogens is 2. The summed E-state index contributed by atoms with van der Waals surface area (Å²) in [5.41, 5.74) is 0.410. The minimum atomic E-state index is -4.54. The number of thioether (sulfide) groups is 3. The summed E-state index contributed by atoms with van der Waals surface area (Å²) in [4.78, 5) is 22.1. The zero-order valence-electron chi connectivity index (χ0n) is 17.0. The lowest BCUT2D eigenvalue weighted by molar-refractivity contribution is -0.136. The first kappa shape index (κ1) is 23.8. The van der Waals surface area contributed by atoms with Crippen molar-refractivity contribution in [2.45, 2.75) is 42.1 Å². The van der Waals surface area contributed by atoms with Gasteiger partial charge in [-0.3, -0.25) is 4.79 Å². The molecule has 0 aliphatic carbocycles. The second-order valence-corrected chi connectivity index (χ2v) is 9.76. The summed E-state index contributed by atoms with van der Waals surface area (Å²) in [5, 5.41) is 3.66. The van der Waals surface area contributed by atoms with E-state index < -0.39 is 11.7 Å². The first-order valence-electron chi connectivity index (χ1n) is 9.39. The van der Waals surface area contributed by atoms with Crippen LogP contribution in [0.5, 0.6) is 0 Å². The first-order valence-corrected chi connectivity index (χ1v) is 12.3. The van der Waals surface area contributed by atoms with Gasteiger partial charge in [0.1, 0.15) is 16.1 Å². The van der Waals surface area contributed by atoms with E-state index in [2.05, 4.69) is 15.3 Å². The fraction of sp³-hybridized carbons (Fsp3) is 0.350. The monoisotopic (exact) mass is 487 g/mol. The Bertz CT molecular complexity index is 1060. The number of halogens is 3. The summed E-state index contributed by atoms with van der Waals surface area (Å²) in [5.74, 6) is 1.26. The molecule has 0 bridgehead atoms. The summed E-state index contributed by atoms with van der Waals surface area (Å²) in [6, 6.07) is 5.59. The molecule has 0 aliphatic rings. The highest BCUT2D eigenvalue weighted by Crippen LogP contribution is 2.37. The van der Waals surface area contributed by atoms with Gasteiger partial charge >= 0.3 is 6.18 Å². The molecule has 0 fully saturated rings. The first-order chi connectivity index (χ1) is 14.7. The normalized spacial score (nSPS) is 11.8. The number of carbonyl (C=O) groups is 1. The van der Waals surface area contributed by atoms with Crippen molar-refractivity contribution in [2.24, 2.45) is 0 Å². The van der Waals surface area contributed by atoms with Gasteiger partial charge in [-0.1, -0.05) is 31.7 Å². The Kier molecular flexibility index (Phi) is 7.82. The molecule has 1 amide bonds. The van der Waals surface area contributed by atoms with Crippen molar-refractivity contribution in [3.8, 4) is 0 Å². The van der Waals surface area contributed by atoms with E-state index in [1.165, 1.54) is 23.9 Å². The molecule has 0 unspecified atom stereocenters. The SMILES string of the molecule is CCSc1cc(C)nc(SCC)c1NC(=O)CSc1nc2cccc(C(F)(F)F)c2o1. The number of aryl methyl sites for hydroxylation is 1. The van der Waals surface area contributed by atoms with E-state index in [1.807, 2.05) is 26.8 Å². The number of amides is 1. The highest BCUT2D eigenvalue weighted by atomic mass is 32.2. The molecular weight excluding hydrogens is 467 g/mol. The Morgan fingerprint density at radius 2 is 1.87 bits per heavy atom. The Balaban J connectivity index is 1.76. The summed E-state index contributed by atoms with van der Waals surface area (Å²) in [6.07, 6.45) is -4.54. The number of fused-ring (bicyclic) bond motifs is 1. The predicted molar refractivity (Wildman–Crippen MR) is 120 cm³/mol. The van der Waals surface area contributed by atoms with Gasteiger partial charge in [-0.2, -0.15) is 13.2 Å². The summed E-state index contributed by atoms with van der Waals surface area (Å²) >= 11 is 4.09. The fourth-order valence-corrected chi connectivity index (χ4v) is 5.10. The van der Waals surface area contributed by atoms with Crippen LogP contribution in [0.15, 0.2) is 43.8 Å². The standard InChI is InChI=1S/C20H20F3N3O2S3/c1-4-29-14-9-11(3)24-18(30-5-2)16(14)26-15(27)10-31-19-25-13-8-6-7-12(17(13)28-19)20(21,22)23/h6-9H,4-5,10H2,1-3H3,(H,26,27). The zero-order chi connectivity index (χ0) is 22.6. The van der Waals surface area contributed by atoms with Crippen molar-refractivity contribution in [1.29, 1.82) is 0 Å². The van der Waals surface area contributed by atoms with Gasteiger partial charge in [0.15, 0.2) is 5.58 Å². The van der Waals surface area contributed by atoms with Crippen LogP contribution in [0.3, 0.4) is 0 Å². The number of rotatable bonds is 8. The molecule has 0 aliphatic heterocycles. The minimum absolute atomic E-state index is 0.00944. The van der Waals surface area contributed by atoms with Crippen molar-refractivity contribution in [3.63, 3.8) is 0 Å². The number of hydrogen-bond donors (Lipinski definition) is 1. The molecule has 0 saturated heterocycles. The lowest BCUT2D eigenvalue weighted by atomic mass is 10.2. The van der Waals surface area contributed by atoms with Crippen LogP contribution in [0.25, 0.3) is 11.1 Å². The number of oxazole rings is 1. The predicted octanol–water partition coefficient (Wildman–Crippen LogP) is 6.50. The third kappa shape index (κ3) is 5.89. The van der Waals surface area contributed by atoms with Gasteiger partial charge in [0.05, 0.1) is 11.4 Å². The average molecular weight is 488 g/mol. The van der Waals surface area contributed by atoms with Gasteiger partial charge in [-0.05, 0) is 36.6 Å². The van der Waals surface area contributed by atoms with Crippen LogP contribution < -0.4 is 5.32 Å². The number of alkyl halides is 3. The zero-order valence-corrected chi connectivity index (χ0v) is 19.4. The van der Waals surface area contributed by atoms with Gasteiger partial charge in [0.2, 0.25) is 5.91 Å². The molecule has 2 heterocycles. The average Bonchev–Trinajstić information content (AvgIpc) is 3.11. The third-order valence-corrected chi connectivity index (χ3v) is 6.56. The summed E-state index contributed by atoms with van der Waals surface area (Å²) in [7, 11) is 0. The number of anilines is 1.